The number of carbonyl (C=O) groups excluding carboxylic acids is 2. The molecule has 10 nitrogen and oxygen atoms in total. The molecule has 0 atom stereocenters. The van der Waals surface area contributed by atoms with Crippen molar-refractivity contribution < 1.29 is 23.5 Å². The molecule has 1 aliphatic rings. The minimum absolute atomic E-state index is 0.00300. The van der Waals surface area contributed by atoms with Crippen LogP contribution in [0.4, 0.5) is 0 Å². The monoisotopic (exact) mass is 548 g/mol. The molecular formula is C28H28N4O6S. The predicted octanol–water partition coefficient (Wildman–Crippen LogP) is 3.64. The first-order valence-corrected chi connectivity index (χ1v) is 13.5. The third kappa shape index (κ3) is 5.63. The highest BCUT2D eigenvalue weighted by molar-refractivity contribution is 7.99. The summed E-state index contributed by atoms with van der Waals surface area (Å²) in [5, 5.41) is 3.47. The van der Waals surface area contributed by atoms with Crippen molar-refractivity contribution in [1.29, 1.82) is 0 Å². The zero-order valence-corrected chi connectivity index (χ0v) is 22.5. The van der Waals surface area contributed by atoms with E-state index in [1.54, 1.807) is 54.8 Å². The molecule has 1 N–H and O–H groups in total. The number of carbonyl (C=O) groups is 2. The molecule has 1 fully saturated rings. The van der Waals surface area contributed by atoms with Crippen molar-refractivity contribution in [2.24, 2.45) is 0 Å². The molecule has 4 aromatic rings. The largest absolute Gasteiger partial charge is 0.493 e. The molecule has 0 unspecified atom stereocenters. The van der Waals surface area contributed by atoms with Gasteiger partial charge in [0.1, 0.15) is 5.76 Å². The summed E-state index contributed by atoms with van der Waals surface area (Å²) < 4.78 is 17.5. The van der Waals surface area contributed by atoms with Gasteiger partial charge in [0.25, 0.3) is 11.5 Å². The summed E-state index contributed by atoms with van der Waals surface area (Å²) in [6.07, 6.45) is 3.52. The van der Waals surface area contributed by atoms with Crippen LogP contribution < -0.4 is 20.3 Å². The van der Waals surface area contributed by atoms with Gasteiger partial charge in [0.05, 0.1) is 49.4 Å². The zero-order chi connectivity index (χ0) is 27.4. The van der Waals surface area contributed by atoms with Crippen LogP contribution in [0.1, 0.15) is 29.0 Å². The van der Waals surface area contributed by atoms with Crippen LogP contribution >= 0.6 is 11.8 Å². The molecule has 39 heavy (non-hydrogen) atoms. The van der Waals surface area contributed by atoms with Crippen LogP contribution in [0.15, 0.2) is 69.2 Å². The molecule has 202 valence electrons. The van der Waals surface area contributed by atoms with Crippen molar-refractivity contribution in [3.8, 4) is 17.2 Å². The van der Waals surface area contributed by atoms with E-state index >= 15 is 0 Å². The normalized spacial score (nSPS) is 13.0. The van der Waals surface area contributed by atoms with Gasteiger partial charge in [-0.3, -0.25) is 19.0 Å². The zero-order valence-electron chi connectivity index (χ0n) is 21.6. The smallest absolute Gasteiger partial charge is 0.266 e. The van der Waals surface area contributed by atoms with E-state index in [1.807, 2.05) is 4.90 Å². The Morgan fingerprint density at radius 2 is 1.85 bits per heavy atom. The van der Waals surface area contributed by atoms with E-state index in [0.29, 0.717) is 44.6 Å². The molecular weight excluding hydrogens is 520 g/mol. The minimum atomic E-state index is -0.328. The molecule has 2 aromatic heterocycles. The number of hydrogen-bond donors (Lipinski definition) is 1. The average Bonchev–Trinajstić information content (AvgIpc) is 3.69. The topological polar surface area (TPSA) is 116 Å². The van der Waals surface area contributed by atoms with Gasteiger partial charge in [0.15, 0.2) is 16.7 Å². The van der Waals surface area contributed by atoms with Crippen LogP contribution in [0.3, 0.4) is 0 Å². The van der Waals surface area contributed by atoms with Gasteiger partial charge in [-0.2, -0.15) is 0 Å². The lowest BCUT2D eigenvalue weighted by Gasteiger charge is -2.17. The van der Waals surface area contributed by atoms with Crippen LogP contribution in [0, 0.1) is 0 Å². The number of fused-ring (bicyclic) bond motifs is 1. The Morgan fingerprint density at radius 3 is 2.56 bits per heavy atom. The number of furan rings is 1. The Morgan fingerprint density at radius 1 is 1.05 bits per heavy atom. The fourth-order valence-electron chi connectivity index (χ4n) is 4.46. The maximum atomic E-state index is 13.8. The molecule has 0 aliphatic carbocycles. The number of thioether (sulfide) groups is 1. The fraction of sp³-hybridized carbons (Fsp3) is 0.286. The second kappa shape index (κ2) is 11.6. The number of likely N-dealkylation sites (tertiary alicyclic amines) is 1. The second-order valence-corrected chi connectivity index (χ2v) is 9.89. The molecule has 0 saturated carbocycles. The number of nitrogens with zero attached hydrogens (tertiary/aromatic N) is 3. The van der Waals surface area contributed by atoms with Crippen LogP contribution in [-0.4, -0.2) is 59.3 Å². The number of amides is 2. The van der Waals surface area contributed by atoms with Crippen molar-refractivity contribution in [3.05, 3.63) is 76.5 Å². The molecule has 5 rings (SSSR count). The number of hydrogen-bond acceptors (Lipinski definition) is 8. The summed E-state index contributed by atoms with van der Waals surface area (Å²) in [5.41, 5.74) is 0.904. The molecule has 0 radical (unpaired) electrons. The molecule has 3 heterocycles. The van der Waals surface area contributed by atoms with Crippen molar-refractivity contribution in [2.75, 3.05) is 33.1 Å². The van der Waals surface area contributed by atoms with Gasteiger partial charge in [0, 0.05) is 24.7 Å². The minimum Gasteiger partial charge on any atom is -0.493 e. The number of ether oxygens (including phenoxy) is 2. The summed E-state index contributed by atoms with van der Waals surface area (Å²) in [4.78, 5) is 46.0. The van der Waals surface area contributed by atoms with E-state index in [9.17, 15) is 14.4 Å². The van der Waals surface area contributed by atoms with E-state index in [4.69, 9.17) is 18.9 Å². The molecule has 2 amide bonds. The summed E-state index contributed by atoms with van der Waals surface area (Å²) >= 11 is 1.19. The van der Waals surface area contributed by atoms with Gasteiger partial charge in [-0.15, -0.1) is 0 Å². The van der Waals surface area contributed by atoms with Crippen molar-refractivity contribution in [2.45, 2.75) is 24.5 Å². The van der Waals surface area contributed by atoms with E-state index in [2.05, 4.69) is 5.32 Å². The number of aromatic nitrogens is 2. The summed E-state index contributed by atoms with van der Waals surface area (Å²) in [7, 11) is 3.06. The van der Waals surface area contributed by atoms with Crippen LogP contribution in [0.5, 0.6) is 11.5 Å². The summed E-state index contributed by atoms with van der Waals surface area (Å²) in [6, 6.07) is 13.4. The lowest BCUT2D eigenvalue weighted by Crippen LogP contribution is -2.30. The quantitative estimate of drug-likeness (QED) is 0.249. The van der Waals surface area contributed by atoms with Crippen LogP contribution in [-0.2, 0) is 11.3 Å². The fourth-order valence-corrected chi connectivity index (χ4v) is 5.38. The Bertz CT molecular complexity index is 1560. The SMILES string of the molecule is COc1ccc(-n2c(SCC(=O)N3CCCC3)nc3cc(C(=O)NCc4ccco4)ccc3c2=O)cc1OC. The van der Waals surface area contributed by atoms with Gasteiger partial charge in [-0.25, -0.2) is 4.98 Å². The van der Waals surface area contributed by atoms with E-state index in [0.717, 1.165) is 25.9 Å². The third-order valence-electron chi connectivity index (χ3n) is 6.51. The van der Waals surface area contributed by atoms with Crippen molar-refractivity contribution in [3.63, 3.8) is 0 Å². The maximum absolute atomic E-state index is 13.8. The summed E-state index contributed by atoms with van der Waals surface area (Å²) in [6.45, 7) is 1.71. The summed E-state index contributed by atoms with van der Waals surface area (Å²) in [5.74, 6) is 1.41. The number of methoxy groups -OCH3 is 2. The van der Waals surface area contributed by atoms with Crippen molar-refractivity contribution >= 4 is 34.5 Å². The van der Waals surface area contributed by atoms with Gasteiger partial charge >= 0.3 is 0 Å². The highest BCUT2D eigenvalue weighted by Crippen LogP contribution is 2.31. The molecule has 1 aliphatic heterocycles. The Hall–Kier alpha value is -4.25. The van der Waals surface area contributed by atoms with E-state index in [1.165, 1.54) is 30.5 Å². The molecule has 0 bridgehead atoms. The highest BCUT2D eigenvalue weighted by atomic mass is 32.2. The molecule has 1 saturated heterocycles. The van der Waals surface area contributed by atoms with Crippen LogP contribution in [0.25, 0.3) is 16.6 Å². The molecule has 2 aromatic carbocycles. The number of rotatable bonds is 9. The predicted molar refractivity (Wildman–Crippen MR) is 147 cm³/mol. The van der Waals surface area contributed by atoms with Gasteiger partial charge in [-0.1, -0.05) is 11.8 Å². The van der Waals surface area contributed by atoms with Crippen molar-refractivity contribution in [1.82, 2.24) is 19.8 Å². The highest BCUT2D eigenvalue weighted by Gasteiger charge is 2.21. The third-order valence-corrected chi connectivity index (χ3v) is 7.44. The first kappa shape index (κ1) is 26.4. The van der Waals surface area contributed by atoms with Gasteiger partial charge < -0.3 is 24.1 Å². The lowest BCUT2D eigenvalue weighted by atomic mass is 10.1. The number of nitrogens with one attached hydrogen (secondary N) is 1. The second-order valence-electron chi connectivity index (χ2n) is 8.94. The maximum Gasteiger partial charge on any atom is 0.266 e. The van der Waals surface area contributed by atoms with Gasteiger partial charge in [0.2, 0.25) is 5.91 Å². The first-order valence-electron chi connectivity index (χ1n) is 12.5. The Labute approximate surface area is 228 Å². The van der Waals surface area contributed by atoms with Gasteiger partial charge in [-0.05, 0) is 55.3 Å². The van der Waals surface area contributed by atoms with E-state index < -0.39 is 0 Å². The average molecular weight is 549 g/mol. The van der Waals surface area contributed by atoms with E-state index in [-0.39, 0.29) is 29.7 Å². The van der Waals surface area contributed by atoms with Crippen LogP contribution in [0.2, 0.25) is 0 Å². The standard InChI is InChI=1S/C28H28N4O6S/c1-36-23-10-8-19(15-24(23)37-2)32-27(35)21-9-7-18(26(34)29-16-20-6-5-13-38-20)14-22(21)30-28(32)39-17-25(33)31-11-3-4-12-31/h5-10,13-15H,3-4,11-12,16-17H2,1-2H3,(H,29,34). The Kier molecular flexibility index (Phi) is 7.87. The lowest BCUT2D eigenvalue weighted by molar-refractivity contribution is -0.127. The Balaban J connectivity index is 1.53. The molecule has 11 heteroatoms. The molecule has 0 spiro atoms. The first-order chi connectivity index (χ1) is 19.0. The number of benzene rings is 2.